The molecule has 13 nitrogen and oxygen atoms in total. The molecule has 3 atom stereocenters. The second kappa shape index (κ2) is 33.8. The van der Waals surface area contributed by atoms with Crippen molar-refractivity contribution in [3.63, 3.8) is 0 Å². The number of benzene rings is 11. The van der Waals surface area contributed by atoms with Gasteiger partial charge in [0.1, 0.15) is 92.5 Å². The van der Waals surface area contributed by atoms with Crippen molar-refractivity contribution in [2.24, 2.45) is 0 Å². The van der Waals surface area contributed by atoms with E-state index in [2.05, 4.69) is 176 Å². The Morgan fingerprint density at radius 2 is 0.991 bits per heavy atom. The van der Waals surface area contributed by atoms with Crippen LogP contribution in [-0.2, 0) is 42.2 Å². The van der Waals surface area contributed by atoms with Crippen LogP contribution in [-0.4, -0.2) is 80.4 Å². The predicted octanol–water partition coefficient (Wildman–Crippen LogP) is 19.2. The summed E-state index contributed by atoms with van der Waals surface area (Å²) in [4.78, 5) is 0. The Bertz CT molecular complexity index is 5250. The molecule has 109 heavy (non-hydrogen) atoms. The van der Waals surface area contributed by atoms with Crippen LogP contribution in [0.1, 0.15) is 110 Å². The summed E-state index contributed by atoms with van der Waals surface area (Å²) in [5.74, 6) is 6.58. The molecule has 0 radical (unpaired) electrons. The van der Waals surface area contributed by atoms with E-state index in [0.29, 0.717) is 70.0 Å². The molecule has 1 aliphatic carbocycles. The number of allylic oxidation sites excluding steroid dienone is 4. The second-order valence-corrected chi connectivity index (χ2v) is 30.6. The van der Waals surface area contributed by atoms with E-state index in [9.17, 15) is 15.3 Å². The zero-order valence-electron chi connectivity index (χ0n) is 63.3. The van der Waals surface area contributed by atoms with Crippen molar-refractivity contribution in [1.82, 2.24) is 0 Å². The van der Waals surface area contributed by atoms with Crippen LogP contribution in [0.3, 0.4) is 0 Å². The number of aliphatic hydroxyl groups excluding tert-OH is 3. The minimum atomic E-state index is -1.29. The van der Waals surface area contributed by atoms with E-state index in [-0.39, 0.29) is 65.9 Å². The summed E-state index contributed by atoms with van der Waals surface area (Å²) in [6.45, 7) is 8.28. The van der Waals surface area contributed by atoms with E-state index < -0.39 is 25.7 Å². The number of hydrogen-bond acceptors (Lipinski definition) is 13. The summed E-state index contributed by atoms with van der Waals surface area (Å²) in [5.41, 5.74) is 9.56. The topological polar surface area (TPSA) is 153 Å². The molecule has 11 aromatic rings. The molecule has 3 N–H and O–H groups in total. The summed E-state index contributed by atoms with van der Waals surface area (Å²) in [6.07, 6.45) is 17.1. The van der Waals surface area contributed by atoms with Crippen LogP contribution in [0.25, 0.3) is 72.2 Å². The number of methoxy groups -OCH3 is 4. The van der Waals surface area contributed by atoms with Gasteiger partial charge in [-0.05, 0) is 161 Å². The van der Waals surface area contributed by atoms with Crippen molar-refractivity contribution in [2.75, 3.05) is 41.7 Å². The maximum absolute atomic E-state index is 10.9. The minimum Gasteiger partial charge on any atom is -0.496 e. The summed E-state index contributed by atoms with van der Waals surface area (Å²) >= 11 is 0. The number of rotatable bonds is 10. The maximum Gasteiger partial charge on any atom is 3.00 e. The number of aliphatic hydroxyl groups is 3. The molecule has 6 aliphatic heterocycles. The Kier molecular flexibility index (Phi) is 24.3. The zero-order chi connectivity index (χ0) is 73.2. The fourth-order valence-corrected chi connectivity index (χ4v) is 18.2. The predicted molar refractivity (Wildman–Crippen MR) is 439 cm³/mol. The number of hydrogen-bond donors (Lipinski definition) is 3. The van der Waals surface area contributed by atoms with Gasteiger partial charge in [-0.3, -0.25) is 0 Å². The average Bonchev–Trinajstić information content (AvgIpc) is 0.740. The Balaban J connectivity index is 0.000000144. The van der Waals surface area contributed by atoms with E-state index in [0.717, 1.165) is 61.6 Å². The number of ether oxygens (including phenoxy) is 10. The third-order valence-electron chi connectivity index (χ3n) is 20.3. The van der Waals surface area contributed by atoms with Crippen molar-refractivity contribution in [3.05, 3.63) is 290 Å². The molecule has 0 spiro atoms. The average molecular weight is 1560 g/mol. The molecule has 1 unspecified atom stereocenters. The number of fused-ring (bicyclic) bond motifs is 16. The molecule has 560 valence electrons. The Morgan fingerprint density at radius 3 is 1.54 bits per heavy atom. The molecule has 15 heteroatoms. The SMILES string of the molecule is C1=CCC/C=C\CC1.COC1=C2c3cc(OC)c(CO)cc3OC[C@H]2Oc2c1ccc1c2C(O)CC(C)(C)O1.COC1=C2c3cc(OC)c(CO)cc3OC[C@H]2Oc2c1ccc1c2C=CC(C)(C)O1.[CH3-].[CH3-].[Rh+3].[c-]1c(-c2c([PH+](c3ccccc3)c3ccccc3)ccc3ccccc23)c2ccccc2c2ccccc12. The molecular weight excluding hydrogens is 1470 g/mol. The fraction of sp³-hybridized carbons (Fsp3) is 0.234. The van der Waals surface area contributed by atoms with Gasteiger partial charge in [-0.25, -0.2) is 0 Å². The third-order valence-corrected chi connectivity index (χ3v) is 23.1. The first-order valence-corrected chi connectivity index (χ1v) is 37.7. The smallest absolute Gasteiger partial charge is 0.496 e. The summed E-state index contributed by atoms with van der Waals surface area (Å²) in [6, 6.07) is 71.9. The molecule has 0 saturated heterocycles. The van der Waals surface area contributed by atoms with Gasteiger partial charge in [0.05, 0.1) is 83.2 Å². The van der Waals surface area contributed by atoms with Crippen LogP contribution in [0.5, 0.6) is 46.0 Å². The molecule has 18 rings (SSSR count). The molecule has 6 heterocycles. The first kappa shape index (κ1) is 78.4. The molecule has 11 aromatic carbocycles. The van der Waals surface area contributed by atoms with Crippen molar-refractivity contribution in [1.29, 1.82) is 0 Å². The van der Waals surface area contributed by atoms with Gasteiger partial charge in [0.25, 0.3) is 0 Å². The van der Waals surface area contributed by atoms with Gasteiger partial charge in [0.15, 0.2) is 12.2 Å². The van der Waals surface area contributed by atoms with E-state index >= 15 is 0 Å². The molecule has 0 aromatic heterocycles. The summed E-state index contributed by atoms with van der Waals surface area (Å²) in [7, 11) is 5.15. The van der Waals surface area contributed by atoms with E-state index in [1.54, 1.807) is 34.5 Å². The molecule has 0 fully saturated rings. The normalized spacial score (nSPS) is 17.6. The van der Waals surface area contributed by atoms with Crippen LogP contribution < -0.4 is 53.8 Å². The van der Waals surface area contributed by atoms with Gasteiger partial charge in [-0.1, -0.05) is 150 Å². The van der Waals surface area contributed by atoms with Crippen molar-refractivity contribution in [3.8, 4) is 57.1 Å². The first-order chi connectivity index (χ1) is 51.7. The third kappa shape index (κ3) is 15.5. The van der Waals surface area contributed by atoms with Crippen LogP contribution in [0.15, 0.2) is 225 Å². The van der Waals surface area contributed by atoms with Crippen LogP contribution in [0.4, 0.5) is 0 Å². The largest absolute Gasteiger partial charge is 3.00 e. The van der Waals surface area contributed by atoms with E-state index in [1.165, 1.54) is 79.7 Å². The Morgan fingerprint density at radius 1 is 0.495 bits per heavy atom. The fourth-order valence-electron chi connectivity index (χ4n) is 15.5. The van der Waals surface area contributed by atoms with Crippen molar-refractivity contribution in [2.45, 2.75) is 103 Å². The van der Waals surface area contributed by atoms with Crippen molar-refractivity contribution >= 4 is 84.9 Å². The van der Waals surface area contributed by atoms with Gasteiger partial charge < -0.3 is 77.5 Å². The first-order valence-electron chi connectivity index (χ1n) is 36.2. The minimum absolute atomic E-state index is 0. The Hall–Kier alpha value is -10.2. The zero-order valence-corrected chi connectivity index (χ0v) is 65.9. The summed E-state index contributed by atoms with van der Waals surface area (Å²) in [5, 5.41) is 41.9. The van der Waals surface area contributed by atoms with Gasteiger partial charge in [0, 0.05) is 39.8 Å². The van der Waals surface area contributed by atoms with E-state index in [1.807, 2.05) is 82.3 Å². The van der Waals surface area contributed by atoms with Crippen LogP contribution in [0.2, 0.25) is 0 Å². The van der Waals surface area contributed by atoms with Gasteiger partial charge in [-0.15, -0.1) is 23.1 Å². The summed E-state index contributed by atoms with van der Waals surface area (Å²) < 4.78 is 59.7. The second-order valence-electron chi connectivity index (χ2n) is 28.2. The van der Waals surface area contributed by atoms with Crippen molar-refractivity contribution < 1.29 is 82.2 Å². The van der Waals surface area contributed by atoms with Gasteiger partial charge in [0.2, 0.25) is 0 Å². The van der Waals surface area contributed by atoms with Gasteiger partial charge >= 0.3 is 19.5 Å². The molecular formula is C94H93O13PRh+. The van der Waals surface area contributed by atoms with Crippen LogP contribution in [0, 0.1) is 20.9 Å². The quantitative estimate of drug-likeness (QED) is 0.0392. The van der Waals surface area contributed by atoms with Crippen LogP contribution >= 0.6 is 7.92 Å². The molecule has 0 bridgehead atoms. The molecule has 0 saturated carbocycles. The van der Waals surface area contributed by atoms with Gasteiger partial charge in [-0.2, -0.15) is 0 Å². The molecule has 7 aliphatic rings. The monoisotopic (exact) mass is 1560 g/mol. The molecule has 0 amide bonds. The van der Waals surface area contributed by atoms with E-state index in [4.69, 9.17) is 47.4 Å². The maximum atomic E-state index is 10.9. The standard InChI is InChI=1S/C36H24P.C24H26O7.C24H24O6.C8H12.2CH3.Rh/c1-3-15-28(16-4-1)37(29-17-5-2-6-18-29)35-24-23-26-13-7-10-20-31(26)36(35)34-25-27-14-8-9-19-30(27)32-21-11-12-22-33(32)34;1-24(2)9-15(26)21-16(31-24)6-5-13-22(28-4)20-14-8-17(27-3)12(10-25)7-18(14)29-11-19(20)30-23(13)21;1-24(2)8-7-14-17(30-24)6-5-15-22(14)29-20-12-28-19-9-13(11-25)18(26-3)10-16(19)21(20)23(15)27-4;1-2-4-6-8-7-5-3-1;;;/h1-24H;5-8,15,19,25-26H,9-11H2,1-4H3;5-10,20,25H,11-12H2,1-4H3;1-2,7-8H,3-6H2;2*1H3;/q-1;;;;2*-1;+3/p+1/b;;;2-1-,8-7?;;;/t;15?,19-;20-;;;;/m.11..../s1. The Labute approximate surface area is 654 Å².